The van der Waals surface area contributed by atoms with Crippen molar-refractivity contribution in [3.63, 3.8) is 0 Å². The van der Waals surface area contributed by atoms with Gasteiger partial charge in [0.05, 0.1) is 12.8 Å². The molecule has 5 heteroatoms. The molecule has 1 rings (SSSR count). The number of thioether (sulfide) groups is 1. The third kappa shape index (κ3) is 5.14. The van der Waals surface area contributed by atoms with Crippen LogP contribution in [0.4, 0.5) is 0 Å². The van der Waals surface area contributed by atoms with Gasteiger partial charge < -0.3 is 4.74 Å². The molecule has 4 nitrogen and oxygen atoms in total. The minimum absolute atomic E-state index is 0.120. The van der Waals surface area contributed by atoms with Crippen LogP contribution in [0.2, 0.25) is 0 Å². The van der Waals surface area contributed by atoms with Crippen LogP contribution < -0.4 is 0 Å². The average Bonchev–Trinajstić information content (AvgIpc) is 2.37. The molecule has 0 N–H and O–H groups in total. The Morgan fingerprint density at radius 1 is 1.44 bits per heavy atom. The van der Waals surface area contributed by atoms with Crippen molar-refractivity contribution in [2.75, 3.05) is 12.9 Å². The fourth-order valence-corrected chi connectivity index (χ4v) is 1.78. The zero-order valence-electron chi connectivity index (χ0n) is 10.4. The highest BCUT2D eigenvalue weighted by Crippen LogP contribution is 2.07. The average molecular weight is 265 g/mol. The summed E-state index contributed by atoms with van der Waals surface area (Å²) < 4.78 is 4.59. The first-order valence-electron chi connectivity index (χ1n) is 5.48. The summed E-state index contributed by atoms with van der Waals surface area (Å²) in [6.45, 7) is 1.55. The topological polar surface area (TPSA) is 56.3 Å². The Morgan fingerprint density at radius 3 is 2.89 bits per heavy atom. The molecule has 18 heavy (non-hydrogen) atoms. The number of ether oxygens (including phenoxy) is 1. The highest BCUT2D eigenvalue weighted by Gasteiger charge is 2.05. The number of rotatable bonds is 5. The molecule has 0 bridgehead atoms. The standard InChI is InChI=1S/C13H15NO3S/c1-10(15)18-9-4-3-6-11-7-5-8-12(14-11)13(16)17-2/h3,5-8H,4,9H2,1-2H3. The molecule has 0 fully saturated rings. The largest absolute Gasteiger partial charge is 0.464 e. The van der Waals surface area contributed by atoms with Gasteiger partial charge in [0, 0.05) is 12.7 Å². The molecular weight excluding hydrogens is 250 g/mol. The maximum Gasteiger partial charge on any atom is 0.356 e. The molecule has 0 aliphatic heterocycles. The van der Waals surface area contributed by atoms with Gasteiger partial charge in [-0.05, 0) is 24.6 Å². The molecule has 0 aliphatic rings. The van der Waals surface area contributed by atoms with Gasteiger partial charge in [0.1, 0.15) is 5.69 Å². The summed E-state index contributed by atoms with van der Waals surface area (Å²) >= 11 is 1.29. The van der Waals surface area contributed by atoms with Crippen molar-refractivity contribution in [1.82, 2.24) is 4.98 Å². The van der Waals surface area contributed by atoms with E-state index >= 15 is 0 Å². The summed E-state index contributed by atoms with van der Waals surface area (Å²) in [6.07, 6.45) is 4.54. The van der Waals surface area contributed by atoms with E-state index in [0.29, 0.717) is 5.69 Å². The molecule has 0 aromatic carbocycles. The first kappa shape index (κ1) is 14.4. The Kier molecular flexibility index (Phi) is 6.14. The predicted molar refractivity (Wildman–Crippen MR) is 72.4 cm³/mol. The van der Waals surface area contributed by atoms with Crippen LogP contribution in [0.25, 0.3) is 6.08 Å². The van der Waals surface area contributed by atoms with Gasteiger partial charge in [0.2, 0.25) is 0 Å². The van der Waals surface area contributed by atoms with Gasteiger partial charge in [-0.1, -0.05) is 23.9 Å². The lowest BCUT2D eigenvalue weighted by Crippen LogP contribution is -2.04. The van der Waals surface area contributed by atoms with E-state index in [9.17, 15) is 9.59 Å². The molecule has 0 saturated heterocycles. The number of pyridine rings is 1. The van der Waals surface area contributed by atoms with E-state index in [1.165, 1.54) is 18.9 Å². The molecular formula is C13H15NO3S. The minimum atomic E-state index is -0.447. The third-order valence-electron chi connectivity index (χ3n) is 2.04. The quantitative estimate of drug-likeness (QED) is 0.605. The lowest BCUT2D eigenvalue weighted by molar-refractivity contribution is -0.109. The van der Waals surface area contributed by atoms with Crippen LogP contribution in [0.5, 0.6) is 0 Å². The van der Waals surface area contributed by atoms with Gasteiger partial charge in [-0.3, -0.25) is 4.79 Å². The molecule has 96 valence electrons. The number of aromatic nitrogens is 1. The summed E-state index contributed by atoms with van der Waals surface area (Å²) in [6, 6.07) is 5.17. The number of hydrogen-bond acceptors (Lipinski definition) is 5. The van der Waals surface area contributed by atoms with Crippen molar-refractivity contribution in [2.45, 2.75) is 13.3 Å². The summed E-state index contributed by atoms with van der Waals surface area (Å²) in [5.74, 6) is 0.306. The highest BCUT2D eigenvalue weighted by atomic mass is 32.2. The zero-order valence-corrected chi connectivity index (χ0v) is 11.2. The van der Waals surface area contributed by atoms with Gasteiger partial charge in [0.25, 0.3) is 0 Å². The SMILES string of the molecule is COC(=O)c1cccc(C=CCCSC(C)=O)n1. The first-order chi connectivity index (χ1) is 8.63. The van der Waals surface area contributed by atoms with Gasteiger partial charge in [0.15, 0.2) is 5.12 Å². The summed E-state index contributed by atoms with van der Waals surface area (Å²) in [5, 5.41) is 0.120. The fraction of sp³-hybridized carbons (Fsp3) is 0.308. The molecule has 0 radical (unpaired) electrons. The number of methoxy groups -OCH3 is 1. The van der Waals surface area contributed by atoms with Crippen LogP contribution >= 0.6 is 11.8 Å². The second-order valence-corrected chi connectivity index (χ2v) is 4.74. The second kappa shape index (κ2) is 7.66. The summed E-state index contributed by atoms with van der Waals surface area (Å²) in [5.41, 5.74) is 0.989. The van der Waals surface area contributed by atoms with Gasteiger partial charge in [-0.15, -0.1) is 0 Å². The number of hydrogen-bond donors (Lipinski definition) is 0. The third-order valence-corrected chi connectivity index (χ3v) is 2.89. The van der Waals surface area contributed by atoms with Gasteiger partial charge in [-0.25, -0.2) is 9.78 Å². The molecule has 0 amide bonds. The Hall–Kier alpha value is -1.62. The number of carbonyl (C=O) groups is 2. The van der Waals surface area contributed by atoms with Crippen molar-refractivity contribution in [2.24, 2.45) is 0 Å². The number of nitrogens with zero attached hydrogens (tertiary/aromatic N) is 1. The fourth-order valence-electron chi connectivity index (χ4n) is 1.24. The Bertz CT molecular complexity index is 457. The van der Waals surface area contributed by atoms with E-state index in [0.717, 1.165) is 12.2 Å². The molecule has 0 unspecified atom stereocenters. The number of allylic oxidation sites excluding steroid dienone is 1. The number of carbonyl (C=O) groups excluding carboxylic acids is 2. The predicted octanol–water partition coefficient (Wildman–Crippen LogP) is 2.55. The number of esters is 1. The van der Waals surface area contributed by atoms with Gasteiger partial charge in [-0.2, -0.15) is 0 Å². The second-order valence-electron chi connectivity index (χ2n) is 3.47. The van der Waals surface area contributed by atoms with E-state index in [4.69, 9.17) is 0 Å². The highest BCUT2D eigenvalue weighted by molar-refractivity contribution is 8.13. The Morgan fingerprint density at radius 2 is 2.22 bits per heavy atom. The molecule has 1 aromatic heterocycles. The van der Waals surface area contributed by atoms with Crippen molar-refractivity contribution in [3.05, 3.63) is 35.7 Å². The minimum Gasteiger partial charge on any atom is -0.464 e. The molecule has 0 atom stereocenters. The van der Waals surface area contributed by atoms with Crippen LogP contribution in [-0.4, -0.2) is 28.9 Å². The van der Waals surface area contributed by atoms with Gasteiger partial charge >= 0.3 is 5.97 Å². The molecule has 1 aromatic rings. The first-order valence-corrected chi connectivity index (χ1v) is 6.47. The molecule has 0 saturated carbocycles. The van der Waals surface area contributed by atoms with Crippen LogP contribution in [0.1, 0.15) is 29.5 Å². The monoisotopic (exact) mass is 265 g/mol. The molecule has 0 aliphatic carbocycles. The van der Waals surface area contributed by atoms with E-state index in [1.807, 2.05) is 12.2 Å². The zero-order chi connectivity index (χ0) is 13.4. The van der Waals surface area contributed by atoms with E-state index < -0.39 is 5.97 Å². The van der Waals surface area contributed by atoms with E-state index in [1.54, 1.807) is 25.1 Å². The lowest BCUT2D eigenvalue weighted by Gasteiger charge is -1.99. The molecule has 1 heterocycles. The Labute approximate surface area is 110 Å². The normalized spacial score (nSPS) is 10.6. The van der Waals surface area contributed by atoms with E-state index in [2.05, 4.69) is 9.72 Å². The maximum atomic E-state index is 11.3. The van der Waals surface area contributed by atoms with Crippen LogP contribution in [-0.2, 0) is 9.53 Å². The maximum absolute atomic E-state index is 11.3. The smallest absolute Gasteiger partial charge is 0.356 e. The van der Waals surface area contributed by atoms with Crippen molar-refractivity contribution in [1.29, 1.82) is 0 Å². The summed E-state index contributed by atoms with van der Waals surface area (Å²) in [4.78, 5) is 26.1. The van der Waals surface area contributed by atoms with Crippen molar-refractivity contribution >= 4 is 28.9 Å². The van der Waals surface area contributed by atoms with Crippen LogP contribution in [0.15, 0.2) is 24.3 Å². The lowest BCUT2D eigenvalue weighted by atomic mass is 10.2. The van der Waals surface area contributed by atoms with E-state index in [-0.39, 0.29) is 10.8 Å². The van der Waals surface area contributed by atoms with Crippen molar-refractivity contribution < 1.29 is 14.3 Å². The molecule has 0 spiro atoms. The van der Waals surface area contributed by atoms with Crippen molar-refractivity contribution in [3.8, 4) is 0 Å². The van der Waals surface area contributed by atoms with Crippen LogP contribution in [0, 0.1) is 0 Å². The van der Waals surface area contributed by atoms with Crippen LogP contribution in [0.3, 0.4) is 0 Å². The Balaban J connectivity index is 2.54. The summed E-state index contributed by atoms with van der Waals surface area (Å²) in [7, 11) is 1.32.